The topological polar surface area (TPSA) is 45.9 Å². The summed E-state index contributed by atoms with van der Waals surface area (Å²) in [6.45, 7) is 3.93. The Kier molecular flexibility index (Phi) is 5.51. The van der Waals surface area contributed by atoms with Crippen molar-refractivity contribution in [3.05, 3.63) is 30.2 Å². The molecule has 1 aromatic heterocycles. The first kappa shape index (κ1) is 16.3. The molecule has 3 rings (SSSR count). The maximum Gasteiger partial charge on any atom is 0.246 e. The molecule has 0 unspecified atom stereocenters. The highest BCUT2D eigenvalue weighted by molar-refractivity contribution is 5.91. The number of furan rings is 1. The van der Waals surface area contributed by atoms with Crippen LogP contribution in [0.15, 0.2) is 28.9 Å². The van der Waals surface area contributed by atoms with E-state index in [1.807, 2.05) is 17.0 Å². The van der Waals surface area contributed by atoms with E-state index in [2.05, 4.69) is 4.90 Å². The summed E-state index contributed by atoms with van der Waals surface area (Å²) >= 11 is 0. The summed E-state index contributed by atoms with van der Waals surface area (Å²) in [4.78, 5) is 16.7. The molecule has 0 aromatic carbocycles. The fraction of sp³-hybridized carbons (Fsp3) is 0.611. The summed E-state index contributed by atoms with van der Waals surface area (Å²) in [7, 11) is 1.81. The van der Waals surface area contributed by atoms with E-state index in [-0.39, 0.29) is 5.91 Å². The van der Waals surface area contributed by atoms with Crippen LogP contribution >= 0.6 is 0 Å². The van der Waals surface area contributed by atoms with Gasteiger partial charge in [0, 0.05) is 45.4 Å². The summed E-state index contributed by atoms with van der Waals surface area (Å²) in [5, 5.41) is 0. The van der Waals surface area contributed by atoms with E-state index >= 15 is 0 Å². The Bertz CT molecular complexity index is 510. The Balaban J connectivity index is 1.44. The first-order valence-corrected chi connectivity index (χ1v) is 8.53. The second-order valence-corrected chi connectivity index (χ2v) is 6.38. The van der Waals surface area contributed by atoms with Crippen molar-refractivity contribution in [1.29, 1.82) is 0 Å². The second kappa shape index (κ2) is 7.79. The van der Waals surface area contributed by atoms with E-state index in [9.17, 15) is 4.79 Å². The standard InChI is InChI=1S/C18H26N2O3/c1-22-16-8-12-19(13-9-16)15-6-10-20(11-7-15)18(21)5-4-17-3-2-14-23-17/h2-5,14-16H,6-13H2,1H3. The predicted molar refractivity (Wildman–Crippen MR) is 88.9 cm³/mol. The van der Waals surface area contributed by atoms with Gasteiger partial charge in [0.25, 0.3) is 0 Å². The number of hydrogen-bond acceptors (Lipinski definition) is 4. The molecule has 2 fully saturated rings. The molecule has 0 bridgehead atoms. The summed E-state index contributed by atoms with van der Waals surface area (Å²) in [6, 6.07) is 4.29. The minimum Gasteiger partial charge on any atom is -0.465 e. The van der Waals surface area contributed by atoms with Crippen LogP contribution in [0.4, 0.5) is 0 Å². The van der Waals surface area contributed by atoms with Gasteiger partial charge in [-0.1, -0.05) is 0 Å². The van der Waals surface area contributed by atoms with Crippen LogP contribution in [0.5, 0.6) is 0 Å². The number of nitrogens with zero attached hydrogens (tertiary/aromatic N) is 2. The lowest BCUT2D eigenvalue weighted by atomic mass is 9.99. The van der Waals surface area contributed by atoms with E-state index in [1.54, 1.807) is 25.5 Å². The van der Waals surface area contributed by atoms with Gasteiger partial charge in [-0.15, -0.1) is 0 Å². The zero-order valence-corrected chi connectivity index (χ0v) is 13.8. The summed E-state index contributed by atoms with van der Waals surface area (Å²) in [5.41, 5.74) is 0. The van der Waals surface area contributed by atoms with E-state index in [1.165, 1.54) is 0 Å². The van der Waals surface area contributed by atoms with E-state index in [0.717, 1.165) is 51.9 Å². The van der Waals surface area contributed by atoms with Gasteiger partial charge in [-0.3, -0.25) is 4.79 Å². The van der Waals surface area contributed by atoms with E-state index in [0.29, 0.717) is 17.9 Å². The van der Waals surface area contributed by atoms with Crippen molar-refractivity contribution in [3.8, 4) is 0 Å². The molecule has 2 aliphatic rings. The first-order chi connectivity index (χ1) is 11.3. The van der Waals surface area contributed by atoms with Crippen LogP contribution in [0.1, 0.15) is 31.4 Å². The molecule has 3 heterocycles. The number of methoxy groups -OCH3 is 1. The molecule has 1 aromatic rings. The van der Waals surface area contributed by atoms with Crippen molar-refractivity contribution in [3.63, 3.8) is 0 Å². The van der Waals surface area contributed by atoms with Crippen LogP contribution in [-0.2, 0) is 9.53 Å². The average molecular weight is 318 g/mol. The molecule has 2 saturated heterocycles. The van der Waals surface area contributed by atoms with Crippen molar-refractivity contribution >= 4 is 12.0 Å². The minimum atomic E-state index is 0.0814. The SMILES string of the molecule is COC1CCN(C2CCN(C(=O)C=Cc3ccco3)CC2)CC1. The lowest BCUT2D eigenvalue weighted by Crippen LogP contribution is -2.49. The average Bonchev–Trinajstić information content (AvgIpc) is 3.13. The van der Waals surface area contributed by atoms with E-state index in [4.69, 9.17) is 9.15 Å². The first-order valence-electron chi connectivity index (χ1n) is 8.53. The normalized spacial score (nSPS) is 22.0. The number of rotatable bonds is 4. The smallest absolute Gasteiger partial charge is 0.246 e. The molecule has 0 N–H and O–H groups in total. The third-order valence-electron chi connectivity index (χ3n) is 5.04. The number of amides is 1. The number of piperidine rings is 2. The fourth-order valence-corrected chi connectivity index (χ4v) is 3.57. The Morgan fingerprint density at radius 1 is 1.22 bits per heavy atom. The van der Waals surface area contributed by atoms with Gasteiger partial charge in [0.05, 0.1) is 12.4 Å². The molecule has 1 amide bonds. The molecule has 0 atom stereocenters. The molecule has 0 aliphatic carbocycles. The number of likely N-dealkylation sites (tertiary alicyclic amines) is 2. The van der Waals surface area contributed by atoms with Crippen LogP contribution in [0.2, 0.25) is 0 Å². The van der Waals surface area contributed by atoms with Crippen LogP contribution in [0.25, 0.3) is 6.08 Å². The van der Waals surface area contributed by atoms with Crippen LogP contribution in [0.3, 0.4) is 0 Å². The molecular formula is C18H26N2O3. The Morgan fingerprint density at radius 2 is 1.96 bits per heavy atom. The molecule has 0 saturated carbocycles. The Hall–Kier alpha value is -1.59. The van der Waals surface area contributed by atoms with Gasteiger partial charge in [0.15, 0.2) is 0 Å². The lowest BCUT2D eigenvalue weighted by molar-refractivity contribution is -0.127. The quantitative estimate of drug-likeness (QED) is 0.800. The number of hydrogen-bond donors (Lipinski definition) is 0. The van der Waals surface area contributed by atoms with Crippen molar-refractivity contribution in [1.82, 2.24) is 9.80 Å². The molecule has 126 valence electrons. The highest BCUT2D eigenvalue weighted by Gasteiger charge is 2.29. The van der Waals surface area contributed by atoms with Crippen molar-refractivity contribution < 1.29 is 13.9 Å². The number of carbonyl (C=O) groups excluding carboxylic acids is 1. The third-order valence-corrected chi connectivity index (χ3v) is 5.04. The maximum absolute atomic E-state index is 12.2. The monoisotopic (exact) mass is 318 g/mol. The minimum absolute atomic E-state index is 0.0814. The zero-order valence-electron chi connectivity index (χ0n) is 13.8. The molecule has 0 radical (unpaired) electrons. The third kappa shape index (κ3) is 4.24. The zero-order chi connectivity index (χ0) is 16.1. The fourth-order valence-electron chi connectivity index (χ4n) is 3.57. The van der Waals surface area contributed by atoms with E-state index < -0.39 is 0 Å². The van der Waals surface area contributed by atoms with Gasteiger partial charge in [0.1, 0.15) is 5.76 Å². The van der Waals surface area contributed by atoms with Crippen LogP contribution in [0, 0.1) is 0 Å². The van der Waals surface area contributed by atoms with Crippen LogP contribution in [-0.4, -0.2) is 61.1 Å². The molecule has 2 aliphatic heterocycles. The Labute approximate surface area is 137 Å². The number of carbonyl (C=O) groups is 1. The van der Waals surface area contributed by atoms with Gasteiger partial charge < -0.3 is 19.0 Å². The highest BCUT2D eigenvalue weighted by atomic mass is 16.5. The molecular weight excluding hydrogens is 292 g/mol. The second-order valence-electron chi connectivity index (χ2n) is 6.38. The van der Waals surface area contributed by atoms with Gasteiger partial charge in [0.2, 0.25) is 5.91 Å². The molecule has 0 spiro atoms. The van der Waals surface area contributed by atoms with Gasteiger partial charge in [-0.05, 0) is 43.9 Å². The molecule has 5 nitrogen and oxygen atoms in total. The van der Waals surface area contributed by atoms with Gasteiger partial charge in [-0.25, -0.2) is 0 Å². The summed E-state index contributed by atoms with van der Waals surface area (Å²) < 4.78 is 10.6. The van der Waals surface area contributed by atoms with Crippen molar-refractivity contribution in [2.75, 3.05) is 33.3 Å². The maximum atomic E-state index is 12.2. The predicted octanol–water partition coefficient (Wildman–Crippen LogP) is 2.39. The molecule has 5 heteroatoms. The van der Waals surface area contributed by atoms with Crippen LogP contribution < -0.4 is 0 Å². The number of ether oxygens (including phenoxy) is 1. The largest absolute Gasteiger partial charge is 0.465 e. The summed E-state index contributed by atoms with van der Waals surface area (Å²) in [5.74, 6) is 0.798. The van der Waals surface area contributed by atoms with Gasteiger partial charge in [-0.2, -0.15) is 0 Å². The highest BCUT2D eigenvalue weighted by Crippen LogP contribution is 2.22. The summed E-state index contributed by atoms with van der Waals surface area (Å²) in [6.07, 6.45) is 9.79. The van der Waals surface area contributed by atoms with Gasteiger partial charge >= 0.3 is 0 Å². The van der Waals surface area contributed by atoms with Crippen molar-refractivity contribution in [2.24, 2.45) is 0 Å². The lowest BCUT2D eigenvalue weighted by Gasteiger charge is -2.41. The molecule has 23 heavy (non-hydrogen) atoms. The Morgan fingerprint density at radius 3 is 2.57 bits per heavy atom. The van der Waals surface area contributed by atoms with Crippen molar-refractivity contribution in [2.45, 2.75) is 37.8 Å².